The van der Waals surface area contributed by atoms with E-state index >= 15 is 0 Å². The Bertz CT molecular complexity index is 911. The molecular formula is C39H73NO7P+. The van der Waals surface area contributed by atoms with Gasteiger partial charge in [-0.15, -0.1) is 0 Å². The van der Waals surface area contributed by atoms with Crippen LogP contribution in [0.3, 0.4) is 0 Å². The third-order valence-corrected chi connectivity index (χ3v) is 8.61. The van der Waals surface area contributed by atoms with Crippen LogP contribution in [0.15, 0.2) is 48.6 Å². The van der Waals surface area contributed by atoms with Crippen molar-refractivity contribution in [2.75, 3.05) is 54.1 Å². The molecule has 0 radical (unpaired) electrons. The average Bonchev–Trinajstić information content (AvgIpc) is 3.03. The molecule has 0 rings (SSSR count). The van der Waals surface area contributed by atoms with Crippen LogP contribution in [0.1, 0.15) is 136 Å². The summed E-state index contributed by atoms with van der Waals surface area (Å²) in [6.45, 7) is 5.39. The fraction of sp³-hybridized carbons (Fsp3) is 0.769. The van der Waals surface area contributed by atoms with Gasteiger partial charge in [0.05, 0.1) is 34.4 Å². The molecule has 0 fully saturated rings. The Morgan fingerprint density at radius 1 is 0.667 bits per heavy atom. The van der Waals surface area contributed by atoms with Gasteiger partial charge in [-0.3, -0.25) is 13.8 Å². The third-order valence-electron chi connectivity index (χ3n) is 7.62. The lowest BCUT2D eigenvalue weighted by molar-refractivity contribution is -0.870. The van der Waals surface area contributed by atoms with Gasteiger partial charge < -0.3 is 18.9 Å². The maximum Gasteiger partial charge on any atom is 0.472 e. The Kier molecular flexibility index (Phi) is 31.6. The zero-order valence-electron chi connectivity index (χ0n) is 31.5. The molecule has 0 bridgehead atoms. The third kappa shape index (κ3) is 35.8. The standard InChI is InChI=1S/C39H72NO7P/c1-6-8-10-12-14-16-18-20-21-23-25-27-29-31-34-44-36-38(37-46-48(42,43)45-35-33-40(3,4)5)47-39(41)32-30-28-26-24-22-19-17-15-13-11-9-7-2/h8,10,14-17,20-21,38H,6-7,9,11-13,18-19,22-37H2,1-5H3/p+1/b10-8-,16-14-,17-15-,21-20-. The molecule has 2 atom stereocenters. The molecule has 0 aromatic rings. The summed E-state index contributed by atoms with van der Waals surface area (Å²) in [6, 6.07) is 0. The first-order chi connectivity index (χ1) is 23.1. The van der Waals surface area contributed by atoms with Crippen LogP contribution in [0.2, 0.25) is 0 Å². The van der Waals surface area contributed by atoms with Crippen molar-refractivity contribution in [1.29, 1.82) is 0 Å². The molecule has 48 heavy (non-hydrogen) atoms. The number of phosphoric acid groups is 1. The van der Waals surface area contributed by atoms with Crippen LogP contribution in [-0.2, 0) is 27.9 Å². The minimum atomic E-state index is -4.28. The van der Waals surface area contributed by atoms with Crippen LogP contribution < -0.4 is 0 Å². The van der Waals surface area contributed by atoms with Crippen LogP contribution in [0.25, 0.3) is 0 Å². The van der Waals surface area contributed by atoms with E-state index in [-0.39, 0.29) is 25.8 Å². The molecule has 0 heterocycles. The number of unbranched alkanes of at least 4 members (excludes halogenated alkanes) is 12. The Morgan fingerprint density at radius 3 is 1.83 bits per heavy atom. The second kappa shape index (κ2) is 32.7. The molecule has 0 spiro atoms. The van der Waals surface area contributed by atoms with Crippen LogP contribution in [0, 0.1) is 0 Å². The van der Waals surface area contributed by atoms with E-state index in [4.69, 9.17) is 18.5 Å². The first-order valence-corrected chi connectivity index (χ1v) is 20.4. The number of carbonyl (C=O) groups excluding carboxylic acids is 1. The summed E-state index contributed by atoms with van der Waals surface area (Å²) in [6.07, 6.45) is 37.1. The van der Waals surface area contributed by atoms with Crippen LogP contribution in [0.4, 0.5) is 0 Å². The van der Waals surface area contributed by atoms with E-state index in [0.29, 0.717) is 24.1 Å². The number of phosphoric ester groups is 1. The molecule has 0 aliphatic carbocycles. The highest BCUT2D eigenvalue weighted by Gasteiger charge is 2.26. The Balaban J connectivity index is 4.38. The summed E-state index contributed by atoms with van der Waals surface area (Å²) in [5.41, 5.74) is 0. The van der Waals surface area contributed by atoms with Gasteiger partial charge in [0, 0.05) is 13.0 Å². The molecule has 0 saturated heterocycles. The average molecular weight is 699 g/mol. The molecule has 1 N–H and O–H groups in total. The monoisotopic (exact) mass is 699 g/mol. The summed E-state index contributed by atoms with van der Waals surface area (Å²) < 4.78 is 34.8. The highest BCUT2D eigenvalue weighted by molar-refractivity contribution is 7.47. The highest BCUT2D eigenvalue weighted by Crippen LogP contribution is 2.43. The predicted octanol–water partition coefficient (Wildman–Crippen LogP) is 10.4. The van der Waals surface area contributed by atoms with Crippen molar-refractivity contribution in [1.82, 2.24) is 0 Å². The van der Waals surface area contributed by atoms with E-state index in [1.807, 2.05) is 21.1 Å². The van der Waals surface area contributed by atoms with Gasteiger partial charge in [0.15, 0.2) is 0 Å². The molecule has 0 aromatic carbocycles. The summed E-state index contributed by atoms with van der Waals surface area (Å²) >= 11 is 0. The number of allylic oxidation sites excluding steroid dienone is 8. The van der Waals surface area contributed by atoms with Gasteiger partial charge in [-0.25, -0.2) is 4.57 Å². The first-order valence-electron chi connectivity index (χ1n) is 18.9. The van der Waals surface area contributed by atoms with Crippen molar-refractivity contribution >= 4 is 13.8 Å². The van der Waals surface area contributed by atoms with Crippen molar-refractivity contribution in [3.63, 3.8) is 0 Å². The molecular weight excluding hydrogens is 625 g/mol. The molecule has 280 valence electrons. The number of rotatable bonds is 34. The number of likely N-dealkylation sites (N-methyl/N-ethyl adjacent to an activating group) is 1. The van der Waals surface area contributed by atoms with Gasteiger partial charge in [0.1, 0.15) is 19.3 Å². The van der Waals surface area contributed by atoms with Gasteiger partial charge >= 0.3 is 13.8 Å². The van der Waals surface area contributed by atoms with E-state index in [0.717, 1.165) is 83.5 Å². The Labute approximate surface area is 295 Å². The van der Waals surface area contributed by atoms with E-state index in [2.05, 4.69) is 62.5 Å². The number of hydrogen-bond acceptors (Lipinski definition) is 6. The van der Waals surface area contributed by atoms with Gasteiger partial charge in [-0.1, -0.05) is 107 Å². The maximum atomic E-state index is 12.6. The zero-order valence-corrected chi connectivity index (χ0v) is 32.4. The predicted molar refractivity (Wildman–Crippen MR) is 201 cm³/mol. The fourth-order valence-corrected chi connectivity index (χ4v) is 5.42. The minimum Gasteiger partial charge on any atom is -0.457 e. The number of ether oxygens (including phenoxy) is 2. The first kappa shape index (κ1) is 46.5. The Morgan fingerprint density at radius 2 is 1.21 bits per heavy atom. The molecule has 0 aromatic heterocycles. The maximum absolute atomic E-state index is 12.6. The lowest BCUT2D eigenvalue weighted by Crippen LogP contribution is -2.37. The molecule has 0 saturated carbocycles. The summed E-state index contributed by atoms with van der Waals surface area (Å²) in [5.74, 6) is -0.335. The van der Waals surface area contributed by atoms with Gasteiger partial charge in [-0.05, 0) is 70.6 Å². The lowest BCUT2D eigenvalue weighted by Gasteiger charge is -2.24. The smallest absolute Gasteiger partial charge is 0.457 e. The zero-order chi connectivity index (χ0) is 35.6. The van der Waals surface area contributed by atoms with Crippen LogP contribution >= 0.6 is 7.82 Å². The van der Waals surface area contributed by atoms with Gasteiger partial charge in [0.25, 0.3) is 0 Å². The quantitative estimate of drug-likeness (QED) is 0.0235. The topological polar surface area (TPSA) is 91.3 Å². The fourth-order valence-electron chi connectivity index (χ4n) is 4.68. The van der Waals surface area contributed by atoms with E-state index in [9.17, 15) is 14.3 Å². The summed E-state index contributed by atoms with van der Waals surface area (Å²) in [5, 5.41) is 0. The molecule has 0 amide bonds. The number of hydrogen-bond donors (Lipinski definition) is 1. The van der Waals surface area contributed by atoms with Crippen LogP contribution in [-0.4, -0.2) is 75.6 Å². The molecule has 0 aliphatic heterocycles. The minimum absolute atomic E-state index is 0.0806. The van der Waals surface area contributed by atoms with Gasteiger partial charge in [0.2, 0.25) is 0 Å². The van der Waals surface area contributed by atoms with Crippen LogP contribution in [0.5, 0.6) is 0 Å². The molecule has 0 aliphatic rings. The second-order valence-electron chi connectivity index (χ2n) is 13.6. The highest BCUT2D eigenvalue weighted by atomic mass is 31.2. The largest absolute Gasteiger partial charge is 0.472 e. The normalized spacial score (nSPS) is 14.5. The summed E-state index contributed by atoms with van der Waals surface area (Å²) in [4.78, 5) is 22.7. The van der Waals surface area contributed by atoms with E-state index in [1.54, 1.807) is 0 Å². The van der Waals surface area contributed by atoms with Crippen molar-refractivity contribution in [2.24, 2.45) is 0 Å². The number of carbonyl (C=O) groups is 1. The van der Waals surface area contributed by atoms with Crippen molar-refractivity contribution < 1.29 is 37.3 Å². The molecule has 8 nitrogen and oxygen atoms in total. The Hall–Kier alpha value is -1.54. The van der Waals surface area contributed by atoms with Crippen molar-refractivity contribution in [2.45, 2.75) is 142 Å². The molecule has 9 heteroatoms. The van der Waals surface area contributed by atoms with E-state index in [1.165, 1.54) is 32.1 Å². The summed E-state index contributed by atoms with van der Waals surface area (Å²) in [7, 11) is 1.64. The SMILES string of the molecule is CC/C=C\C/C=C\C/C=C\CCCCCCOCC(COP(=O)(O)OCC[N+](C)(C)C)OC(=O)CCCCCCC/C=C\CCCCC. The lowest BCUT2D eigenvalue weighted by atomic mass is 10.1. The number of esters is 1. The second-order valence-corrected chi connectivity index (χ2v) is 15.0. The van der Waals surface area contributed by atoms with Crippen molar-refractivity contribution in [3.05, 3.63) is 48.6 Å². The molecule has 2 unspecified atom stereocenters. The number of nitrogens with zero attached hydrogens (tertiary/aromatic N) is 1. The van der Waals surface area contributed by atoms with Crippen molar-refractivity contribution in [3.8, 4) is 0 Å². The van der Waals surface area contributed by atoms with E-state index < -0.39 is 13.9 Å². The number of quaternary nitrogens is 1. The van der Waals surface area contributed by atoms with Gasteiger partial charge in [-0.2, -0.15) is 0 Å².